The number of hydrogen-bond donors (Lipinski definition) is 1. The van der Waals surface area contributed by atoms with Crippen LogP contribution in [0.3, 0.4) is 0 Å². The molecule has 1 aliphatic rings. The Morgan fingerprint density at radius 3 is 2.36 bits per heavy atom. The summed E-state index contributed by atoms with van der Waals surface area (Å²) >= 11 is 0. The van der Waals surface area contributed by atoms with Crippen molar-refractivity contribution >= 4 is 11.2 Å². The van der Waals surface area contributed by atoms with Gasteiger partial charge in [0.05, 0.1) is 0 Å². The summed E-state index contributed by atoms with van der Waals surface area (Å²) in [7, 11) is 1.54. The van der Waals surface area contributed by atoms with Crippen LogP contribution in [0.4, 0.5) is 0 Å². The van der Waals surface area contributed by atoms with E-state index >= 15 is 0 Å². The molecule has 2 aromatic rings. The first kappa shape index (κ1) is 15.0. The van der Waals surface area contributed by atoms with Gasteiger partial charge in [-0.1, -0.05) is 0 Å². The summed E-state index contributed by atoms with van der Waals surface area (Å²) in [6.45, 7) is 7.06. The Kier molecular flexibility index (Phi) is 3.90. The average Bonchev–Trinajstić information content (AvgIpc) is 2.93. The third kappa shape index (κ3) is 2.11. The Morgan fingerprint density at radius 1 is 1.14 bits per heavy atom. The standard InChI is InChI=1S/C15H23N5O2/c1-4-19-11-13(17-12(19)10-6-8-16-9-7-10)20(5-2)15(22)18(3)14(11)21/h10,16H,4-9H2,1-3H3. The molecule has 0 amide bonds. The molecule has 0 aliphatic carbocycles. The molecule has 0 radical (unpaired) electrons. The first-order valence-electron chi connectivity index (χ1n) is 8.00. The summed E-state index contributed by atoms with van der Waals surface area (Å²) in [5.74, 6) is 1.29. The second-order valence-corrected chi connectivity index (χ2v) is 5.80. The first-order chi connectivity index (χ1) is 10.6. The number of aromatic nitrogens is 4. The highest BCUT2D eigenvalue weighted by Crippen LogP contribution is 2.26. The van der Waals surface area contributed by atoms with Crippen molar-refractivity contribution in [2.24, 2.45) is 7.05 Å². The van der Waals surface area contributed by atoms with Crippen molar-refractivity contribution in [3.63, 3.8) is 0 Å². The first-order valence-corrected chi connectivity index (χ1v) is 8.00. The van der Waals surface area contributed by atoms with Gasteiger partial charge in [0, 0.05) is 26.1 Å². The fourth-order valence-electron chi connectivity index (χ4n) is 3.37. The zero-order valence-electron chi connectivity index (χ0n) is 13.4. The highest BCUT2D eigenvalue weighted by atomic mass is 16.2. The molecule has 0 spiro atoms. The topological polar surface area (TPSA) is 73.8 Å². The minimum atomic E-state index is -0.294. The summed E-state index contributed by atoms with van der Waals surface area (Å²) in [5.41, 5.74) is 0.544. The van der Waals surface area contributed by atoms with Crippen molar-refractivity contribution in [3.8, 4) is 0 Å². The van der Waals surface area contributed by atoms with Crippen molar-refractivity contribution in [1.29, 1.82) is 0 Å². The van der Waals surface area contributed by atoms with Gasteiger partial charge in [-0.15, -0.1) is 0 Å². The highest BCUT2D eigenvalue weighted by molar-refractivity contribution is 5.71. The van der Waals surface area contributed by atoms with Gasteiger partial charge in [0.1, 0.15) is 5.82 Å². The van der Waals surface area contributed by atoms with E-state index < -0.39 is 0 Å². The van der Waals surface area contributed by atoms with E-state index in [2.05, 4.69) is 5.32 Å². The van der Waals surface area contributed by atoms with Crippen LogP contribution in [0.25, 0.3) is 11.2 Å². The van der Waals surface area contributed by atoms with Gasteiger partial charge < -0.3 is 9.88 Å². The van der Waals surface area contributed by atoms with Crippen molar-refractivity contribution in [2.45, 2.75) is 45.7 Å². The Morgan fingerprint density at radius 2 is 1.77 bits per heavy atom. The Labute approximate surface area is 128 Å². The predicted octanol–water partition coefficient (Wildman–Crippen LogP) is 0.403. The smallest absolute Gasteiger partial charge is 0.322 e. The number of nitrogens with zero attached hydrogens (tertiary/aromatic N) is 4. The Hall–Kier alpha value is -1.89. The molecule has 1 fully saturated rings. The minimum absolute atomic E-state index is 0.251. The van der Waals surface area contributed by atoms with E-state index in [4.69, 9.17) is 4.98 Å². The lowest BCUT2D eigenvalue weighted by Crippen LogP contribution is -2.38. The van der Waals surface area contributed by atoms with Crippen molar-refractivity contribution < 1.29 is 0 Å². The Bertz CT molecular complexity index is 808. The van der Waals surface area contributed by atoms with E-state index in [0.29, 0.717) is 30.2 Å². The van der Waals surface area contributed by atoms with Gasteiger partial charge in [-0.05, 0) is 39.8 Å². The van der Waals surface area contributed by atoms with Crippen LogP contribution in [0.2, 0.25) is 0 Å². The molecule has 120 valence electrons. The molecule has 0 atom stereocenters. The second-order valence-electron chi connectivity index (χ2n) is 5.80. The quantitative estimate of drug-likeness (QED) is 0.891. The summed E-state index contributed by atoms with van der Waals surface area (Å²) < 4.78 is 4.78. The van der Waals surface area contributed by atoms with Crippen LogP contribution in [0, 0.1) is 0 Å². The molecular formula is C15H23N5O2. The monoisotopic (exact) mass is 305 g/mol. The van der Waals surface area contributed by atoms with Gasteiger partial charge in [-0.2, -0.15) is 0 Å². The molecule has 3 rings (SSSR count). The Balaban J connectivity index is 2.34. The zero-order valence-corrected chi connectivity index (χ0v) is 13.4. The number of hydrogen-bond acceptors (Lipinski definition) is 4. The molecule has 2 aromatic heterocycles. The lowest BCUT2D eigenvalue weighted by atomic mass is 9.97. The molecule has 1 aliphatic heterocycles. The maximum absolute atomic E-state index is 12.6. The van der Waals surface area contributed by atoms with E-state index in [0.717, 1.165) is 31.8 Å². The van der Waals surface area contributed by atoms with Crippen LogP contribution in [0.1, 0.15) is 38.4 Å². The van der Waals surface area contributed by atoms with Crippen LogP contribution in [-0.2, 0) is 20.1 Å². The summed E-state index contributed by atoms with van der Waals surface area (Å²) in [4.78, 5) is 29.6. The molecule has 22 heavy (non-hydrogen) atoms. The number of imidazole rings is 1. The summed E-state index contributed by atoms with van der Waals surface area (Å²) in [5, 5.41) is 3.35. The van der Waals surface area contributed by atoms with Crippen LogP contribution in [-0.4, -0.2) is 31.8 Å². The van der Waals surface area contributed by atoms with Gasteiger partial charge >= 0.3 is 5.69 Å². The SMILES string of the molecule is CCn1c(C2CCNCC2)nc2c1c(=O)n(C)c(=O)n2CC. The van der Waals surface area contributed by atoms with E-state index in [1.807, 2.05) is 18.4 Å². The van der Waals surface area contributed by atoms with Crippen LogP contribution in [0.15, 0.2) is 9.59 Å². The molecular weight excluding hydrogens is 282 g/mol. The van der Waals surface area contributed by atoms with Crippen molar-refractivity contribution in [1.82, 2.24) is 24.0 Å². The van der Waals surface area contributed by atoms with E-state index in [1.165, 1.54) is 11.6 Å². The molecule has 7 nitrogen and oxygen atoms in total. The summed E-state index contributed by atoms with van der Waals surface area (Å²) in [6.07, 6.45) is 2.03. The summed E-state index contributed by atoms with van der Waals surface area (Å²) in [6, 6.07) is 0. The van der Waals surface area contributed by atoms with Gasteiger partial charge in [0.25, 0.3) is 5.56 Å². The number of nitrogens with one attached hydrogen (secondary N) is 1. The maximum atomic E-state index is 12.6. The van der Waals surface area contributed by atoms with Crippen LogP contribution in [0.5, 0.6) is 0 Å². The third-order valence-electron chi connectivity index (χ3n) is 4.60. The lowest BCUT2D eigenvalue weighted by Gasteiger charge is -2.22. The van der Waals surface area contributed by atoms with Gasteiger partial charge in [-0.25, -0.2) is 9.78 Å². The molecule has 0 saturated carbocycles. The minimum Gasteiger partial charge on any atom is -0.322 e. The molecule has 1 N–H and O–H groups in total. The lowest BCUT2D eigenvalue weighted by molar-refractivity contribution is 0.434. The van der Waals surface area contributed by atoms with E-state index in [-0.39, 0.29) is 11.2 Å². The molecule has 0 unspecified atom stereocenters. The highest BCUT2D eigenvalue weighted by Gasteiger charge is 2.25. The van der Waals surface area contributed by atoms with E-state index in [1.54, 1.807) is 4.57 Å². The van der Waals surface area contributed by atoms with E-state index in [9.17, 15) is 9.59 Å². The van der Waals surface area contributed by atoms with Crippen LogP contribution >= 0.6 is 0 Å². The van der Waals surface area contributed by atoms with Crippen LogP contribution < -0.4 is 16.6 Å². The van der Waals surface area contributed by atoms with Gasteiger partial charge in [0.15, 0.2) is 11.2 Å². The van der Waals surface area contributed by atoms with Crippen molar-refractivity contribution in [3.05, 3.63) is 26.7 Å². The number of aryl methyl sites for hydroxylation is 2. The third-order valence-corrected chi connectivity index (χ3v) is 4.60. The number of rotatable bonds is 3. The zero-order chi connectivity index (χ0) is 15.9. The predicted molar refractivity (Wildman–Crippen MR) is 85.4 cm³/mol. The molecule has 3 heterocycles. The molecule has 7 heteroatoms. The van der Waals surface area contributed by atoms with Gasteiger partial charge in [-0.3, -0.25) is 13.9 Å². The average molecular weight is 305 g/mol. The normalized spacial score (nSPS) is 16.5. The van der Waals surface area contributed by atoms with Crippen molar-refractivity contribution in [2.75, 3.05) is 13.1 Å². The fourth-order valence-corrected chi connectivity index (χ4v) is 3.37. The van der Waals surface area contributed by atoms with Gasteiger partial charge in [0.2, 0.25) is 0 Å². The number of fused-ring (bicyclic) bond motifs is 1. The molecule has 0 aromatic carbocycles. The number of piperidine rings is 1. The molecule has 0 bridgehead atoms. The second kappa shape index (κ2) is 5.72. The fraction of sp³-hybridized carbons (Fsp3) is 0.667. The maximum Gasteiger partial charge on any atom is 0.332 e. The molecule has 1 saturated heterocycles. The largest absolute Gasteiger partial charge is 0.332 e.